The normalized spacial score (nSPS) is 13.7. The third kappa shape index (κ3) is 3.59. The van der Waals surface area contributed by atoms with Crippen LogP contribution in [0.25, 0.3) is 22.0 Å². The number of aliphatic hydroxyl groups is 1. The lowest BCUT2D eigenvalue weighted by atomic mass is 9.95. The van der Waals surface area contributed by atoms with Gasteiger partial charge >= 0.3 is 6.09 Å². The van der Waals surface area contributed by atoms with Crippen LogP contribution in [0.2, 0.25) is 0 Å². The van der Waals surface area contributed by atoms with Gasteiger partial charge in [0, 0.05) is 34.0 Å². The molecule has 3 N–H and O–H groups in total. The number of fused-ring (bicyclic) bond motifs is 4. The third-order valence-corrected chi connectivity index (χ3v) is 6.92. The van der Waals surface area contributed by atoms with Crippen LogP contribution in [0.4, 0.5) is 4.79 Å². The number of carboxylic acid groups (broad SMARTS) is 1. The summed E-state index contributed by atoms with van der Waals surface area (Å²) in [6.45, 7) is 0.0453. The summed E-state index contributed by atoms with van der Waals surface area (Å²) in [5.41, 5.74) is 6.54. The van der Waals surface area contributed by atoms with E-state index in [0.29, 0.717) is 13.0 Å². The Morgan fingerprint density at radius 1 is 1.03 bits per heavy atom. The first-order valence-corrected chi connectivity index (χ1v) is 11.4. The number of hydrogen-bond donors (Lipinski definition) is 3. The first-order chi connectivity index (χ1) is 15.6. The molecule has 1 heterocycles. The lowest BCUT2D eigenvalue weighted by Gasteiger charge is -2.31. The Bertz CT molecular complexity index is 1250. The van der Waals surface area contributed by atoms with Crippen LogP contribution in [0.15, 0.2) is 77.4 Å². The predicted octanol–water partition coefficient (Wildman–Crippen LogP) is 5.63. The summed E-state index contributed by atoms with van der Waals surface area (Å²) in [4.78, 5) is 17.0. The zero-order chi connectivity index (χ0) is 22.2. The maximum atomic E-state index is 12.4. The number of H-pyrrole nitrogens is 1. The highest BCUT2D eigenvalue weighted by Gasteiger charge is 2.33. The van der Waals surface area contributed by atoms with Crippen molar-refractivity contribution in [1.29, 1.82) is 0 Å². The van der Waals surface area contributed by atoms with E-state index < -0.39 is 12.1 Å². The molecule has 0 saturated heterocycles. The molecule has 1 aliphatic rings. The number of carbonyl (C=O) groups is 1. The molecule has 0 bridgehead atoms. The minimum atomic E-state index is -1.02. The van der Waals surface area contributed by atoms with Crippen LogP contribution in [0.1, 0.15) is 22.6 Å². The molecule has 0 aliphatic heterocycles. The van der Waals surface area contributed by atoms with Crippen molar-refractivity contribution >= 4 is 32.9 Å². The molecule has 1 atom stereocenters. The van der Waals surface area contributed by atoms with Gasteiger partial charge in [-0.3, -0.25) is 0 Å². The van der Waals surface area contributed by atoms with Crippen molar-refractivity contribution in [2.45, 2.75) is 18.4 Å². The molecule has 0 fully saturated rings. The van der Waals surface area contributed by atoms with Crippen LogP contribution in [0.3, 0.4) is 0 Å². The number of aromatic nitrogens is 1. The maximum Gasteiger partial charge on any atom is 0.407 e. The number of nitrogens with one attached hydrogen (secondary N) is 1. The number of amides is 1. The largest absolute Gasteiger partial charge is 0.465 e. The Labute approximate surface area is 194 Å². The summed E-state index contributed by atoms with van der Waals surface area (Å²) < 4.78 is 0.959. The summed E-state index contributed by atoms with van der Waals surface area (Å²) in [5, 5.41) is 21.4. The van der Waals surface area contributed by atoms with Gasteiger partial charge in [0.2, 0.25) is 0 Å². The topological polar surface area (TPSA) is 76.6 Å². The maximum absolute atomic E-state index is 12.4. The highest BCUT2D eigenvalue weighted by molar-refractivity contribution is 9.10. The van der Waals surface area contributed by atoms with Gasteiger partial charge in [-0.1, -0.05) is 64.5 Å². The van der Waals surface area contributed by atoms with Gasteiger partial charge in [-0.05, 0) is 52.4 Å². The highest BCUT2D eigenvalue weighted by atomic mass is 79.9. The van der Waals surface area contributed by atoms with E-state index >= 15 is 0 Å². The summed E-state index contributed by atoms with van der Waals surface area (Å²) >= 11 is 3.51. The van der Waals surface area contributed by atoms with E-state index in [9.17, 15) is 15.0 Å². The summed E-state index contributed by atoms with van der Waals surface area (Å²) in [7, 11) is 0. The lowest BCUT2D eigenvalue weighted by Crippen LogP contribution is -2.45. The van der Waals surface area contributed by atoms with E-state index in [4.69, 9.17) is 0 Å². The summed E-state index contributed by atoms with van der Waals surface area (Å²) in [5.74, 6) is -0.0651. The Morgan fingerprint density at radius 2 is 1.69 bits per heavy atom. The predicted molar refractivity (Wildman–Crippen MR) is 129 cm³/mol. The fourth-order valence-corrected chi connectivity index (χ4v) is 5.24. The summed E-state index contributed by atoms with van der Waals surface area (Å²) in [6, 6.07) is 21.8. The van der Waals surface area contributed by atoms with Gasteiger partial charge in [-0.2, -0.15) is 0 Å². The molecular weight excluding hydrogens is 468 g/mol. The molecule has 0 saturated carbocycles. The molecule has 1 aliphatic carbocycles. The minimum Gasteiger partial charge on any atom is -0.465 e. The zero-order valence-corrected chi connectivity index (χ0v) is 18.9. The fraction of sp³-hybridized carbons (Fsp3) is 0.192. The number of benzene rings is 3. The van der Waals surface area contributed by atoms with Crippen molar-refractivity contribution in [1.82, 2.24) is 9.88 Å². The Kier molecular flexibility index (Phi) is 5.49. The van der Waals surface area contributed by atoms with E-state index in [1.165, 1.54) is 4.90 Å². The average Bonchev–Trinajstić information content (AvgIpc) is 3.34. The Hall–Kier alpha value is -3.09. The van der Waals surface area contributed by atoms with Gasteiger partial charge in [0.1, 0.15) is 0 Å². The van der Waals surface area contributed by atoms with Crippen LogP contribution in [0.5, 0.6) is 0 Å². The van der Waals surface area contributed by atoms with Gasteiger partial charge in [0.15, 0.2) is 0 Å². The number of nitrogens with zero attached hydrogens (tertiary/aromatic N) is 1. The van der Waals surface area contributed by atoms with E-state index in [1.807, 2.05) is 48.7 Å². The number of hydrogen-bond acceptors (Lipinski definition) is 2. The van der Waals surface area contributed by atoms with Gasteiger partial charge < -0.3 is 20.1 Å². The van der Waals surface area contributed by atoms with Crippen LogP contribution in [-0.2, 0) is 6.42 Å². The van der Waals surface area contributed by atoms with Crippen molar-refractivity contribution in [3.63, 3.8) is 0 Å². The second kappa shape index (κ2) is 8.45. The molecule has 1 aromatic heterocycles. The van der Waals surface area contributed by atoms with Crippen LogP contribution in [0, 0.1) is 0 Å². The number of aromatic amines is 1. The van der Waals surface area contributed by atoms with Gasteiger partial charge in [-0.25, -0.2) is 4.79 Å². The number of rotatable bonds is 6. The molecule has 3 aromatic carbocycles. The summed E-state index contributed by atoms with van der Waals surface area (Å²) in [6.07, 6.45) is 1.31. The van der Waals surface area contributed by atoms with Crippen molar-refractivity contribution in [3.05, 3.63) is 94.1 Å². The molecule has 1 unspecified atom stereocenters. The van der Waals surface area contributed by atoms with Gasteiger partial charge in [0.05, 0.1) is 12.6 Å². The molecule has 162 valence electrons. The van der Waals surface area contributed by atoms with Crippen molar-refractivity contribution in [2.75, 3.05) is 13.2 Å². The highest BCUT2D eigenvalue weighted by Crippen LogP contribution is 2.45. The molecule has 5 nitrogen and oxygen atoms in total. The van der Waals surface area contributed by atoms with E-state index in [1.54, 1.807) is 0 Å². The van der Waals surface area contributed by atoms with Crippen LogP contribution in [-0.4, -0.2) is 45.4 Å². The smallest absolute Gasteiger partial charge is 0.407 e. The van der Waals surface area contributed by atoms with Gasteiger partial charge in [0.25, 0.3) is 0 Å². The molecule has 0 radical (unpaired) electrons. The zero-order valence-electron chi connectivity index (χ0n) is 17.3. The van der Waals surface area contributed by atoms with Crippen LogP contribution >= 0.6 is 15.9 Å². The Morgan fingerprint density at radius 3 is 2.31 bits per heavy atom. The molecule has 6 heteroatoms. The SMILES string of the molecule is O=C(O)N(CC1c2ccccc2-c2ccccc21)C(CO)Cc1c[nH]c2ccc(Br)cc12. The van der Waals surface area contributed by atoms with E-state index in [-0.39, 0.29) is 12.5 Å². The molecule has 5 rings (SSSR count). The lowest BCUT2D eigenvalue weighted by molar-refractivity contribution is 0.0957. The first kappa shape index (κ1) is 20.8. The molecule has 0 spiro atoms. The van der Waals surface area contributed by atoms with Crippen molar-refractivity contribution in [2.24, 2.45) is 0 Å². The van der Waals surface area contributed by atoms with E-state index in [2.05, 4.69) is 45.2 Å². The second-order valence-electron chi connectivity index (χ2n) is 8.21. The fourth-order valence-electron chi connectivity index (χ4n) is 4.88. The molecule has 1 amide bonds. The van der Waals surface area contributed by atoms with E-state index in [0.717, 1.165) is 43.2 Å². The first-order valence-electron chi connectivity index (χ1n) is 10.6. The second-order valence-corrected chi connectivity index (χ2v) is 9.12. The molecule has 32 heavy (non-hydrogen) atoms. The third-order valence-electron chi connectivity index (χ3n) is 6.42. The monoisotopic (exact) mass is 490 g/mol. The number of aliphatic hydroxyl groups excluding tert-OH is 1. The number of halogens is 1. The van der Waals surface area contributed by atoms with Crippen molar-refractivity contribution < 1.29 is 15.0 Å². The molecular formula is C26H23BrN2O3. The average molecular weight is 491 g/mol. The Balaban J connectivity index is 1.48. The van der Waals surface area contributed by atoms with Crippen LogP contribution < -0.4 is 0 Å². The van der Waals surface area contributed by atoms with Crippen molar-refractivity contribution in [3.8, 4) is 11.1 Å². The standard InChI is InChI=1S/C26H23BrN2O3/c27-17-9-10-25-23(12-17)16(13-28-25)11-18(15-30)29(26(31)32)14-24-21-7-3-1-5-19(21)20-6-2-4-8-22(20)24/h1-10,12-13,18,24,28,30H,11,14-15H2,(H,31,32). The minimum absolute atomic E-state index is 0.0651. The quantitative estimate of drug-likeness (QED) is 0.328. The van der Waals surface area contributed by atoms with Gasteiger partial charge in [-0.15, -0.1) is 0 Å². The molecule has 4 aromatic rings.